The van der Waals surface area contributed by atoms with Crippen molar-refractivity contribution < 1.29 is 0 Å². The Morgan fingerprint density at radius 3 is 2.56 bits per heavy atom. The van der Waals surface area contributed by atoms with Crippen LogP contribution in [-0.2, 0) is 0 Å². The molecule has 9 heavy (non-hydrogen) atoms. The largest absolute Gasteiger partial charge is 0.340 e. The third-order valence-corrected chi connectivity index (χ3v) is 1.78. The molecule has 1 heterocycles. The van der Waals surface area contributed by atoms with Gasteiger partial charge in [0.25, 0.3) is 0 Å². The van der Waals surface area contributed by atoms with Gasteiger partial charge in [-0.2, -0.15) is 0 Å². The van der Waals surface area contributed by atoms with E-state index in [-0.39, 0.29) is 0 Å². The minimum atomic E-state index is 0.524. The van der Waals surface area contributed by atoms with E-state index in [0.717, 1.165) is 11.4 Å². The number of nitrogens with zero attached hydrogens (tertiary/aromatic N) is 1. The molecule has 0 aromatic carbocycles. The molecule has 0 aromatic heterocycles. The second-order valence-corrected chi connectivity index (χ2v) is 2.95. The third kappa shape index (κ3) is 1.30. The van der Waals surface area contributed by atoms with Gasteiger partial charge in [-0.1, -0.05) is 18.3 Å². The lowest BCUT2D eigenvalue weighted by molar-refractivity contribution is 0.471. The highest BCUT2D eigenvalue weighted by molar-refractivity contribution is 7.80. The van der Waals surface area contributed by atoms with E-state index in [2.05, 4.69) is 31.0 Å². The van der Waals surface area contributed by atoms with E-state index in [1.807, 2.05) is 0 Å². The molecule has 0 fully saturated rings. The molecule has 0 atom stereocenters. The van der Waals surface area contributed by atoms with Gasteiger partial charge in [-0.15, -0.1) is 0 Å². The van der Waals surface area contributed by atoms with Gasteiger partial charge < -0.3 is 4.90 Å². The lowest BCUT2D eigenvalue weighted by Gasteiger charge is -2.19. The van der Waals surface area contributed by atoms with Crippen molar-refractivity contribution in [3.63, 3.8) is 0 Å². The normalized spacial score (nSPS) is 18.1. The molecular weight excluding hydrogens is 130 g/mol. The predicted molar refractivity (Wildman–Crippen MR) is 43.3 cm³/mol. The summed E-state index contributed by atoms with van der Waals surface area (Å²) in [6.45, 7) is 4.28. The molecule has 1 rings (SSSR count). The number of hydrogen-bond donors (Lipinski definition) is 0. The van der Waals surface area contributed by atoms with Gasteiger partial charge in [0, 0.05) is 18.7 Å². The van der Waals surface area contributed by atoms with Gasteiger partial charge in [0.15, 0.2) is 0 Å². The molecule has 0 bridgehead atoms. The molecule has 1 aliphatic rings. The summed E-state index contributed by atoms with van der Waals surface area (Å²) in [4.78, 5) is 3.17. The van der Waals surface area contributed by atoms with E-state index in [1.54, 1.807) is 0 Å². The van der Waals surface area contributed by atoms with Gasteiger partial charge in [-0.25, -0.2) is 0 Å². The molecule has 0 aromatic rings. The second kappa shape index (κ2) is 2.48. The SMILES string of the molecule is CC(C)N1C=CCC1=S. The Hall–Kier alpha value is -0.370. The Balaban J connectivity index is 2.59. The number of thiocarbonyl (C=S) groups is 1. The molecule has 0 amide bonds. The van der Waals surface area contributed by atoms with Crippen LogP contribution in [-0.4, -0.2) is 15.9 Å². The summed E-state index contributed by atoms with van der Waals surface area (Å²) in [5.41, 5.74) is 0. The maximum Gasteiger partial charge on any atom is 0.0860 e. The molecule has 1 nitrogen and oxygen atoms in total. The first kappa shape index (κ1) is 6.75. The van der Waals surface area contributed by atoms with Crippen LogP contribution in [0.3, 0.4) is 0 Å². The zero-order valence-corrected chi connectivity index (χ0v) is 6.61. The molecule has 0 saturated carbocycles. The van der Waals surface area contributed by atoms with Crippen LogP contribution in [0.2, 0.25) is 0 Å². The molecule has 50 valence electrons. The van der Waals surface area contributed by atoms with Crippen molar-refractivity contribution in [3.05, 3.63) is 12.3 Å². The Morgan fingerprint density at radius 1 is 1.67 bits per heavy atom. The van der Waals surface area contributed by atoms with E-state index in [9.17, 15) is 0 Å². The summed E-state index contributed by atoms with van der Waals surface area (Å²) >= 11 is 5.08. The van der Waals surface area contributed by atoms with E-state index >= 15 is 0 Å². The first-order valence-electron chi connectivity index (χ1n) is 3.19. The molecule has 1 aliphatic heterocycles. The van der Waals surface area contributed by atoms with Crippen molar-refractivity contribution in [3.8, 4) is 0 Å². The van der Waals surface area contributed by atoms with Crippen molar-refractivity contribution in [1.82, 2.24) is 4.90 Å². The minimum Gasteiger partial charge on any atom is -0.340 e. The van der Waals surface area contributed by atoms with Gasteiger partial charge in [0.2, 0.25) is 0 Å². The number of hydrogen-bond acceptors (Lipinski definition) is 1. The van der Waals surface area contributed by atoms with Gasteiger partial charge in [-0.3, -0.25) is 0 Å². The van der Waals surface area contributed by atoms with E-state index in [0.29, 0.717) is 6.04 Å². The zero-order chi connectivity index (χ0) is 6.85. The Morgan fingerprint density at radius 2 is 2.33 bits per heavy atom. The van der Waals surface area contributed by atoms with Gasteiger partial charge in [0.05, 0.1) is 4.99 Å². The monoisotopic (exact) mass is 141 g/mol. The van der Waals surface area contributed by atoms with Crippen LogP contribution in [0.1, 0.15) is 20.3 Å². The average Bonchev–Trinajstić information content (AvgIpc) is 2.13. The smallest absolute Gasteiger partial charge is 0.0860 e. The summed E-state index contributed by atoms with van der Waals surface area (Å²) in [6.07, 6.45) is 5.11. The second-order valence-electron chi connectivity index (χ2n) is 2.48. The van der Waals surface area contributed by atoms with Crippen molar-refractivity contribution in [2.24, 2.45) is 0 Å². The van der Waals surface area contributed by atoms with Crippen LogP contribution in [0.15, 0.2) is 12.3 Å². The third-order valence-electron chi connectivity index (χ3n) is 1.40. The average molecular weight is 141 g/mol. The highest BCUT2D eigenvalue weighted by Gasteiger charge is 2.12. The molecular formula is C7H11NS. The summed E-state index contributed by atoms with van der Waals surface area (Å²) < 4.78 is 0. The maximum atomic E-state index is 5.08. The van der Waals surface area contributed by atoms with Gasteiger partial charge in [-0.05, 0) is 13.8 Å². The van der Waals surface area contributed by atoms with Crippen LogP contribution in [0.25, 0.3) is 0 Å². The fraction of sp³-hybridized carbons (Fsp3) is 0.571. The fourth-order valence-electron chi connectivity index (χ4n) is 0.916. The lowest BCUT2D eigenvalue weighted by atomic mass is 10.3. The lowest BCUT2D eigenvalue weighted by Crippen LogP contribution is -2.26. The van der Waals surface area contributed by atoms with Crippen molar-refractivity contribution >= 4 is 17.2 Å². The predicted octanol–water partition coefficient (Wildman–Crippen LogP) is 1.94. The van der Waals surface area contributed by atoms with Crippen molar-refractivity contribution in [1.29, 1.82) is 0 Å². The van der Waals surface area contributed by atoms with Gasteiger partial charge in [0.1, 0.15) is 0 Å². The first-order chi connectivity index (χ1) is 4.22. The fourth-order valence-corrected chi connectivity index (χ4v) is 1.28. The van der Waals surface area contributed by atoms with Crippen LogP contribution < -0.4 is 0 Å². The van der Waals surface area contributed by atoms with Crippen molar-refractivity contribution in [2.45, 2.75) is 26.3 Å². The molecule has 0 N–H and O–H groups in total. The summed E-state index contributed by atoms with van der Waals surface area (Å²) in [5, 5.41) is 0. The molecule has 2 heteroatoms. The maximum absolute atomic E-state index is 5.08. The van der Waals surface area contributed by atoms with Gasteiger partial charge >= 0.3 is 0 Å². The minimum absolute atomic E-state index is 0.524. The van der Waals surface area contributed by atoms with Crippen LogP contribution in [0.4, 0.5) is 0 Å². The van der Waals surface area contributed by atoms with E-state index in [1.165, 1.54) is 0 Å². The topological polar surface area (TPSA) is 3.24 Å². The molecule has 0 saturated heterocycles. The van der Waals surface area contributed by atoms with Crippen LogP contribution in [0.5, 0.6) is 0 Å². The summed E-state index contributed by atoms with van der Waals surface area (Å²) in [6, 6.07) is 0.524. The van der Waals surface area contributed by atoms with E-state index < -0.39 is 0 Å². The summed E-state index contributed by atoms with van der Waals surface area (Å²) in [7, 11) is 0. The summed E-state index contributed by atoms with van der Waals surface area (Å²) in [5.74, 6) is 0. The highest BCUT2D eigenvalue weighted by Crippen LogP contribution is 2.11. The van der Waals surface area contributed by atoms with Crippen LogP contribution >= 0.6 is 12.2 Å². The first-order valence-corrected chi connectivity index (χ1v) is 3.60. The molecule has 0 unspecified atom stereocenters. The highest BCUT2D eigenvalue weighted by atomic mass is 32.1. The zero-order valence-electron chi connectivity index (χ0n) is 5.79. The Bertz CT molecular complexity index is 149. The Kier molecular flexibility index (Phi) is 1.86. The Labute approximate surface area is 61.4 Å². The molecule has 0 spiro atoms. The quantitative estimate of drug-likeness (QED) is 0.513. The van der Waals surface area contributed by atoms with E-state index in [4.69, 9.17) is 12.2 Å². The standard InChI is InChI=1S/C7H11NS/c1-6(2)8-5-3-4-7(8)9/h3,5-6H,4H2,1-2H3. The van der Waals surface area contributed by atoms with Crippen LogP contribution in [0, 0.1) is 0 Å². The molecule has 0 aliphatic carbocycles. The number of rotatable bonds is 1. The van der Waals surface area contributed by atoms with Crippen molar-refractivity contribution in [2.75, 3.05) is 0 Å². The molecule has 0 radical (unpaired) electrons.